The van der Waals surface area contributed by atoms with E-state index >= 15 is 0 Å². The summed E-state index contributed by atoms with van der Waals surface area (Å²) in [6.07, 6.45) is 1.75. The third-order valence-electron chi connectivity index (χ3n) is 3.06. The van der Waals surface area contributed by atoms with Crippen LogP contribution in [-0.4, -0.2) is 36.1 Å². The zero-order chi connectivity index (χ0) is 15.8. The Hall–Kier alpha value is -2.60. The number of hydrogen-bond donors (Lipinski definition) is 3. The average Bonchev–Trinajstić information content (AvgIpc) is 3.07. The summed E-state index contributed by atoms with van der Waals surface area (Å²) in [5.41, 5.74) is 0.923. The maximum atomic E-state index is 12.1. The number of benzene rings is 1. The topological polar surface area (TPSA) is 91.6 Å². The molecule has 0 aliphatic carbocycles. The van der Waals surface area contributed by atoms with E-state index < -0.39 is 11.9 Å². The Morgan fingerprint density at radius 3 is 2.55 bits per heavy atom. The fourth-order valence-electron chi connectivity index (χ4n) is 2.00. The zero-order valence-electron chi connectivity index (χ0n) is 12.0. The zero-order valence-corrected chi connectivity index (χ0v) is 12.0. The summed E-state index contributed by atoms with van der Waals surface area (Å²) in [5, 5.41) is 14.0. The first-order chi connectivity index (χ1) is 10.7. The molecular formula is C16H18N2O4. The molecule has 0 aliphatic rings. The molecule has 0 saturated heterocycles. The fourth-order valence-corrected chi connectivity index (χ4v) is 2.00. The lowest BCUT2D eigenvalue weighted by Crippen LogP contribution is -2.48. The number of carbonyl (C=O) groups excluding carboxylic acids is 2. The smallest absolute Gasteiger partial charge is 0.287 e. The van der Waals surface area contributed by atoms with E-state index in [1.54, 1.807) is 6.07 Å². The fraction of sp³-hybridized carbons (Fsp3) is 0.250. The van der Waals surface area contributed by atoms with Crippen LogP contribution in [0, 0.1) is 0 Å². The van der Waals surface area contributed by atoms with Gasteiger partial charge in [0.2, 0.25) is 5.91 Å². The first-order valence-electron chi connectivity index (χ1n) is 6.97. The summed E-state index contributed by atoms with van der Waals surface area (Å²) in [5.74, 6) is -0.657. The van der Waals surface area contributed by atoms with E-state index in [4.69, 9.17) is 9.52 Å². The Balaban J connectivity index is 2.07. The van der Waals surface area contributed by atoms with Crippen LogP contribution in [0.3, 0.4) is 0 Å². The van der Waals surface area contributed by atoms with E-state index in [2.05, 4.69) is 10.6 Å². The van der Waals surface area contributed by atoms with Crippen molar-refractivity contribution in [1.29, 1.82) is 0 Å². The highest BCUT2D eigenvalue weighted by Gasteiger charge is 2.22. The summed E-state index contributed by atoms with van der Waals surface area (Å²) in [6, 6.07) is 11.8. The van der Waals surface area contributed by atoms with Gasteiger partial charge >= 0.3 is 0 Å². The van der Waals surface area contributed by atoms with Crippen molar-refractivity contribution in [3.8, 4) is 0 Å². The minimum absolute atomic E-state index is 0.140. The lowest BCUT2D eigenvalue weighted by molar-refractivity contribution is -0.123. The third kappa shape index (κ3) is 4.46. The van der Waals surface area contributed by atoms with Crippen molar-refractivity contribution in [2.75, 3.05) is 13.2 Å². The van der Waals surface area contributed by atoms with Crippen LogP contribution in [0.2, 0.25) is 0 Å². The van der Waals surface area contributed by atoms with Crippen LogP contribution >= 0.6 is 0 Å². The molecule has 1 aromatic heterocycles. The summed E-state index contributed by atoms with van der Waals surface area (Å²) < 4.78 is 5.02. The molecule has 3 N–H and O–H groups in total. The minimum Gasteiger partial charge on any atom is -0.459 e. The maximum absolute atomic E-state index is 12.1. The number of rotatable bonds is 7. The van der Waals surface area contributed by atoms with Gasteiger partial charge in [0.15, 0.2) is 5.76 Å². The molecule has 0 radical (unpaired) electrons. The Bertz CT molecular complexity index is 596. The highest BCUT2D eigenvalue weighted by atomic mass is 16.3. The molecule has 6 heteroatoms. The summed E-state index contributed by atoms with van der Waals surface area (Å²) >= 11 is 0. The second kappa shape index (κ2) is 7.99. The van der Waals surface area contributed by atoms with Crippen molar-refractivity contribution in [3.05, 3.63) is 60.1 Å². The van der Waals surface area contributed by atoms with E-state index in [9.17, 15) is 9.59 Å². The largest absolute Gasteiger partial charge is 0.459 e. The van der Waals surface area contributed by atoms with Crippen molar-refractivity contribution in [3.63, 3.8) is 0 Å². The van der Waals surface area contributed by atoms with Gasteiger partial charge in [-0.05, 0) is 17.7 Å². The Morgan fingerprint density at radius 1 is 1.14 bits per heavy atom. The van der Waals surface area contributed by atoms with Crippen LogP contribution in [0.1, 0.15) is 16.1 Å². The molecule has 116 valence electrons. The predicted octanol–water partition coefficient (Wildman–Crippen LogP) is 0.729. The van der Waals surface area contributed by atoms with Crippen LogP contribution in [0.15, 0.2) is 53.1 Å². The van der Waals surface area contributed by atoms with Crippen LogP contribution in [-0.2, 0) is 11.2 Å². The Labute approximate surface area is 128 Å². The molecule has 2 rings (SSSR count). The molecular weight excluding hydrogens is 284 g/mol. The van der Waals surface area contributed by atoms with Gasteiger partial charge in [-0.15, -0.1) is 0 Å². The molecule has 0 saturated carbocycles. The first-order valence-corrected chi connectivity index (χ1v) is 6.97. The standard InChI is InChI=1S/C16H18N2O4/c19-9-8-17-15(20)13(11-12-5-2-1-3-6-12)18-16(21)14-7-4-10-22-14/h1-7,10,13,19H,8-9,11H2,(H,17,20)(H,18,21)/t13-/m0/s1. The minimum atomic E-state index is -0.744. The van der Waals surface area contributed by atoms with Gasteiger partial charge in [-0.2, -0.15) is 0 Å². The van der Waals surface area contributed by atoms with Crippen LogP contribution < -0.4 is 10.6 Å². The SMILES string of the molecule is O=C(N[C@@H](Cc1ccccc1)C(=O)NCCO)c1ccco1. The molecule has 0 fully saturated rings. The van der Waals surface area contributed by atoms with E-state index in [0.717, 1.165) is 5.56 Å². The van der Waals surface area contributed by atoms with E-state index in [1.165, 1.54) is 12.3 Å². The molecule has 1 heterocycles. The lowest BCUT2D eigenvalue weighted by atomic mass is 10.1. The second-order valence-electron chi connectivity index (χ2n) is 4.71. The van der Waals surface area contributed by atoms with Gasteiger partial charge in [-0.3, -0.25) is 9.59 Å². The van der Waals surface area contributed by atoms with Crippen LogP contribution in [0.5, 0.6) is 0 Å². The maximum Gasteiger partial charge on any atom is 0.287 e. The lowest BCUT2D eigenvalue weighted by Gasteiger charge is -2.17. The number of aliphatic hydroxyl groups excluding tert-OH is 1. The summed E-state index contributed by atoms with van der Waals surface area (Å²) in [7, 11) is 0. The molecule has 0 bridgehead atoms. The summed E-state index contributed by atoms with van der Waals surface area (Å²) in [6.45, 7) is -0.0172. The molecule has 1 aromatic carbocycles. The van der Waals surface area contributed by atoms with Crippen LogP contribution in [0.25, 0.3) is 0 Å². The second-order valence-corrected chi connectivity index (χ2v) is 4.71. The quantitative estimate of drug-likeness (QED) is 0.703. The first kappa shape index (κ1) is 15.8. The molecule has 6 nitrogen and oxygen atoms in total. The Morgan fingerprint density at radius 2 is 1.91 bits per heavy atom. The van der Waals surface area contributed by atoms with Crippen LogP contribution in [0.4, 0.5) is 0 Å². The van der Waals surface area contributed by atoms with Gasteiger partial charge in [0.25, 0.3) is 5.91 Å². The van der Waals surface area contributed by atoms with E-state index in [0.29, 0.717) is 6.42 Å². The number of furan rings is 1. The number of hydrogen-bond acceptors (Lipinski definition) is 4. The van der Waals surface area contributed by atoms with Gasteiger partial charge in [0.05, 0.1) is 12.9 Å². The van der Waals surface area contributed by atoms with Gasteiger partial charge in [0, 0.05) is 13.0 Å². The number of carbonyl (C=O) groups is 2. The summed E-state index contributed by atoms with van der Waals surface area (Å²) in [4.78, 5) is 24.2. The molecule has 2 amide bonds. The van der Waals surface area contributed by atoms with Gasteiger partial charge < -0.3 is 20.2 Å². The Kier molecular flexibility index (Phi) is 5.73. The van der Waals surface area contributed by atoms with Crippen molar-refractivity contribution in [2.45, 2.75) is 12.5 Å². The number of amides is 2. The predicted molar refractivity (Wildman–Crippen MR) is 80.2 cm³/mol. The molecule has 0 unspecified atom stereocenters. The average molecular weight is 302 g/mol. The van der Waals surface area contributed by atoms with Gasteiger partial charge in [-0.25, -0.2) is 0 Å². The highest BCUT2D eigenvalue weighted by Crippen LogP contribution is 2.06. The third-order valence-corrected chi connectivity index (χ3v) is 3.06. The molecule has 2 aromatic rings. The van der Waals surface area contributed by atoms with Gasteiger partial charge in [-0.1, -0.05) is 30.3 Å². The van der Waals surface area contributed by atoms with Crippen molar-refractivity contribution in [1.82, 2.24) is 10.6 Å². The number of nitrogens with one attached hydrogen (secondary N) is 2. The molecule has 0 aliphatic heterocycles. The molecule has 0 spiro atoms. The number of aliphatic hydroxyl groups is 1. The highest BCUT2D eigenvalue weighted by molar-refractivity contribution is 5.95. The van der Waals surface area contributed by atoms with Crippen molar-refractivity contribution >= 4 is 11.8 Å². The molecule has 1 atom stereocenters. The molecule has 22 heavy (non-hydrogen) atoms. The van der Waals surface area contributed by atoms with Crippen molar-refractivity contribution in [2.24, 2.45) is 0 Å². The van der Waals surface area contributed by atoms with Crippen molar-refractivity contribution < 1.29 is 19.1 Å². The van der Waals surface area contributed by atoms with E-state index in [-0.39, 0.29) is 24.8 Å². The van der Waals surface area contributed by atoms with Gasteiger partial charge in [0.1, 0.15) is 6.04 Å². The monoisotopic (exact) mass is 302 g/mol. The van der Waals surface area contributed by atoms with E-state index in [1.807, 2.05) is 30.3 Å². The normalized spacial score (nSPS) is 11.7.